The standard InChI is InChI=1S/C14H17N3O2/c1-10-11-6-4-5-7-12(11)14(16-15-10)17(2)9-8-13(18)19-3/h4-7H,8-9H2,1-3H3. The molecule has 0 bridgehead atoms. The minimum absolute atomic E-state index is 0.226. The van der Waals surface area contributed by atoms with Crippen molar-refractivity contribution in [1.29, 1.82) is 0 Å². The summed E-state index contributed by atoms with van der Waals surface area (Å²) in [5.41, 5.74) is 0.903. The number of benzene rings is 1. The molecule has 5 heteroatoms. The maximum atomic E-state index is 11.2. The lowest BCUT2D eigenvalue weighted by Gasteiger charge is -2.19. The summed E-state index contributed by atoms with van der Waals surface area (Å²) in [6.45, 7) is 2.49. The Labute approximate surface area is 112 Å². The third kappa shape index (κ3) is 2.81. The van der Waals surface area contributed by atoms with Crippen molar-refractivity contribution >= 4 is 22.6 Å². The van der Waals surface area contributed by atoms with Gasteiger partial charge in [0.15, 0.2) is 5.82 Å². The highest BCUT2D eigenvalue weighted by molar-refractivity contribution is 5.93. The van der Waals surface area contributed by atoms with Gasteiger partial charge >= 0.3 is 5.97 Å². The van der Waals surface area contributed by atoms with Crippen LogP contribution in [0.1, 0.15) is 12.1 Å². The predicted octanol–water partition coefficient (Wildman–Crippen LogP) is 1.94. The van der Waals surface area contributed by atoms with Crippen molar-refractivity contribution < 1.29 is 9.53 Å². The molecule has 0 fully saturated rings. The Morgan fingerprint density at radius 2 is 1.95 bits per heavy atom. The van der Waals surface area contributed by atoms with Gasteiger partial charge in [-0.2, -0.15) is 5.10 Å². The van der Waals surface area contributed by atoms with Crippen LogP contribution in [0.3, 0.4) is 0 Å². The molecule has 0 aliphatic carbocycles. The number of esters is 1. The van der Waals surface area contributed by atoms with E-state index < -0.39 is 0 Å². The number of aromatic nitrogens is 2. The largest absolute Gasteiger partial charge is 0.469 e. The SMILES string of the molecule is COC(=O)CCN(C)c1nnc(C)c2ccccc12. The molecule has 0 N–H and O–H groups in total. The summed E-state index contributed by atoms with van der Waals surface area (Å²) in [5, 5.41) is 10.5. The zero-order valence-corrected chi connectivity index (χ0v) is 11.4. The fraction of sp³-hybridized carbons (Fsp3) is 0.357. The van der Waals surface area contributed by atoms with Gasteiger partial charge in [0.2, 0.25) is 0 Å². The summed E-state index contributed by atoms with van der Waals surface area (Å²) in [5.74, 6) is 0.557. The van der Waals surface area contributed by atoms with Crippen LogP contribution in [0.25, 0.3) is 10.8 Å². The van der Waals surface area contributed by atoms with Crippen molar-refractivity contribution in [2.24, 2.45) is 0 Å². The van der Waals surface area contributed by atoms with Crippen LogP contribution in [-0.2, 0) is 9.53 Å². The molecule has 2 aromatic rings. The monoisotopic (exact) mass is 259 g/mol. The van der Waals surface area contributed by atoms with Gasteiger partial charge in [0.05, 0.1) is 19.2 Å². The van der Waals surface area contributed by atoms with Crippen molar-refractivity contribution in [3.8, 4) is 0 Å². The van der Waals surface area contributed by atoms with Gasteiger partial charge in [-0.3, -0.25) is 4.79 Å². The minimum Gasteiger partial charge on any atom is -0.469 e. The molecule has 0 aliphatic rings. The molecule has 0 atom stereocenters. The van der Waals surface area contributed by atoms with E-state index in [1.165, 1.54) is 7.11 Å². The third-order valence-electron chi connectivity index (χ3n) is 3.09. The molecule has 0 aliphatic heterocycles. The van der Waals surface area contributed by atoms with Crippen LogP contribution >= 0.6 is 0 Å². The van der Waals surface area contributed by atoms with Gasteiger partial charge in [-0.05, 0) is 6.92 Å². The highest BCUT2D eigenvalue weighted by atomic mass is 16.5. The molecule has 1 aromatic heterocycles. The molecule has 0 saturated heterocycles. The van der Waals surface area contributed by atoms with E-state index in [1.807, 2.05) is 43.1 Å². The first-order chi connectivity index (χ1) is 9.13. The first-order valence-corrected chi connectivity index (χ1v) is 6.13. The molecule has 0 amide bonds. The number of anilines is 1. The highest BCUT2D eigenvalue weighted by Gasteiger charge is 2.11. The van der Waals surface area contributed by atoms with Gasteiger partial charge in [0, 0.05) is 24.4 Å². The Balaban J connectivity index is 2.29. The van der Waals surface area contributed by atoms with Crippen LogP contribution in [0.2, 0.25) is 0 Å². The van der Waals surface area contributed by atoms with E-state index in [1.54, 1.807) is 0 Å². The molecule has 0 radical (unpaired) electrons. The molecule has 1 aromatic carbocycles. The first-order valence-electron chi connectivity index (χ1n) is 6.13. The van der Waals surface area contributed by atoms with Crippen LogP contribution in [0.4, 0.5) is 5.82 Å². The van der Waals surface area contributed by atoms with Crippen LogP contribution in [-0.4, -0.2) is 36.9 Å². The van der Waals surface area contributed by atoms with E-state index in [-0.39, 0.29) is 5.97 Å². The zero-order chi connectivity index (χ0) is 13.8. The number of ether oxygens (including phenoxy) is 1. The molecule has 0 unspecified atom stereocenters. The Hall–Kier alpha value is -2.17. The fourth-order valence-electron chi connectivity index (χ4n) is 1.97. The number of hydrogen-bond donors (Lipinski definition) is 0. The smallest absolute Gasteiger partial charge is 0.307 e. The number of aryl methyl sites for hydroxylation is 1. The molecular weight excluding hydrogens is 242 g/mol. The summed E-state index contributed by atoms with van der Waals surface area (Å²) in [7, 11) is 3.29. The van der Waals surface area contributed by atoms with Crippen molar-refractivity contribution in [3.63, 3.8) is 0 Å². The minimum atomic E-state index is -0.226. The van der Waals surface area contributed by atoms with Gasteiger partial charge in [-0.15, -0.1) is 5.10 Å². The molecule has 0 saturated carbocycles. The van der Waals surface area contributed by atoms with E-state index in [4.69, 9.17) is 0 Å². The predicted molar refractivity (Wildman–Crippen MR) is 74.2 cm³/mol. The molecule has 2 rings (SSSR count). The Kier molecular flexibility index (Phi) is 3.94. The maximum absolute atomic E-state index is 11.2. The Morgan fingerprint density at radius 3 is 2.63 bits per heavy atom. The van der Waals surface area contributed by atoms with Crippen molar-refractivity contribution in [2.75, 3.05) is 25.6 Å². The number of nitrogens with zero attached hydrogens (tertiary/aromatic N) is 3. The second kappa shape index (κ2) is 5.65. The quantitative estimate of drug-likeness (QED) is 0.785. The van der Waals surface area contributed by atoms with Gasteiger partial charge < -0.3 is 9.64 Å². The lowest BCUT2D eigenvalue weighted by molar-refractivity contribution is -0.140. The van der Waals surface area contributed by atoms with Crippen LogP contribution in [0, 0.1) is 6.92 Å². The second-order valence-corrected chi connectivity index (χ2v) is 4.40. The van der Waals surface area contributed by atoms with Crippen molar-refractivity contribution in [2.45, 2.75) is 13.3 Å². The average Bonchev–Trinajstić information content (AvgIpc) is 2.45. The molecule has 5 nitrogen and oxygen atoms in total. The topological polar surface area (TPSA) is 55.3 Å². The normalized spacial score (nSPS) is 10.5. The maximum Gasteiger partial charge on any atom is 0.307 e. The van der Waals surface area contributed by atoms with Gasteiger partial charge in [0.25, 0.3) is 0 Å². The lowest BCUT2D eigenvalue weighted by Crippen LogP contribution is -2.23. The number of methoxy groups -OCH3 is 1. The fourth-order valence-corrected chi connectivity index (χ4v) is 1.97. The highest BCUT2D eigenvalue weighted by Crippen LogP contribution is 2.24. The summed E-state index contributed by atoms with van der Waals surface area (Å²) in [4.78, 5) is 13.1. The van der Waals surface area contributed by atoms with E-state index >= 15 is 0 Å². The summed E-state index contributed by atoms with van der Waals surface area (Å²) in [6, 6.07) is 7.99. The molecular formula is C14H17N3O2. The van der Waals surface area contributed by atoms with E-state index in [0.717, 1.165) is 22.3 Å². The molecule has 1 heterocycles. The molecule has 0 spiro atoms. The second-order valence-electron chi connectivity index (χ2n) is 4.40. The zero-order valence-electron chi connectivity index (χ0n) is 11.4. The molecule has 100 valence electrons. The number of carbonyl (C=O) groups excluding carboxylic acids is 1. The van der Waals surface area contributed by atoms with Crippen LogP contribution < -0.4 is 4.90 Å². The number of carbonyl (C=O) groups is 1. The van der Waals surface area contributed by atoms with E-state index in [2.05, 4.69) is 14.9 Å². The number of rotatable bonds is 4. The van der Waals surface area contributed by atoms with Crippen LogP contribution in [0.15, 0.2) is 24.3 Å². The van der Waals surface area contributed by atoms with Crippen LogP contribution in [0.5, 0.6) is 0 Å². The van der Waals surface area contributed by atoms with Gasteiger partial charge in [-0.1, -0.05) is 24.3 Å². The third-order valence-corrected chi connectivity index (χ3v) is 3.09. The number of hydrogen-bond acceptors (Lipinski definition) is 5. The number of fused-ring (bicyclic) bond motifs is 1. The molecule has 19 heavy (non-hydrogen) atoms. The van der Waals surface area contributed by atoms with Crippen molar-refractivity contribution in [1.82, 2.24) is 10.2 Å². The van der Waals surface area contributed by atoms with Gasteiger partial charge in [-0.25, -0.2) is 0 Å². The van der Waals surface area contributed by atoms with E-state index in [0.29, 0.717) is 13.0 Å². The first kappa shape index (κ1) is 13.3. The average molecular weight is 259 g/mol. The van der Waals surface area contributed by atoms with E-state index in [9.17, 15) is 4.79 Å². The van der Waals surface area contributed by atoms with Crippen molar-refractivity contribution in [3.05, 3.63) is 30.0 Å². The Bertz CT molecular complexity index is 598. The summed E-state index contributed by atoms with van der Waals surface area (Å²) >= 11 is 0. The summed E-state index contributed by atoms with van der Waals surface area (Å²) in [6.07, 6.45) is 0.330. The van der Waals surface area contributed by atoms with Gasteiger partial charge in [0.1, 0.15) is 0 Å². The Morgan fingerprint density at radius 1 is 1.26 bits per heavy atom. The lowest BCUT2D eigenvalue weighted by atomic mass is 10.1. The summed E-state index contributed by atoms with van der Waals surface area (Å²) < 4.78 is 4.64.